The van der Waals surface area contributed by atoms with Gasteiger partial charge in [0.05, 0.1) is 6.61 Å². The molecule has 0 aliphatic heterocycles. The zero-order valence-corrected chi connectivity index (χ0v) is 14.5. The highest BCUT2D eigenvalue weighted by molar-refractivity contribution is 7.98. The number of aliphatic hydroxyl groups is 1. The maximum Gasteiger partial charge on any atom is 0.223 e. The van der Waals surface area contributed by atoms with Gasteiger partial charge in [-0.05, 0) is 23.3 Å². The average molecular weight is 347 g/mol. The van der Waals surface area contributed by atoms with Crippen molar-refractivity contribution in [3.8, 4) is 0 Å². The van der Waals surface area contributed by atoms with Gasteiger partial charge >= 0.3 is 0 Å². The van der Waals surface area contributed by atoms with E-state index in [2.05, 4.69) is 17.4 Å². The fraction of sp³-hybridized carbons (Fsp3) is 0.316. The number of aliphatic hydroxyl groups excluding tert-OH is 1. The Morgan fingerprint density at radius 3 is 2.67 bits per heavy atom. The molecule has 0 heterocycles. The van der Waals surface area contributed by atoms with Gasteiger partial charge in [0.15, 0.2) is 0 Å². The highest BCUT2D eigenvalue weighted by Crippen LogP contribution is 2.16. The summed E-state index contributed by atoms with van der Waals surface area (Å²) in [5.74, 6) is 1.07. The van der Waals surface area contributed by atoms with Crippen molar-refractivity contribution in [2.75, 3.05) is 5.75 Å². The molecule has 0 bridgehead atoms. The molecule has 2 aromatic rings. The molecule has 0 fully saturated rings. The largest absolute Gasteiger partial charge is 0.392 e. The summed E-state index contributed by atoms with van der Waals surface area (Å²) in [6, 6.07) is 14.7. The normalized spacial score (nSPS) is 12.0. The number of nitrogens with one attached hydrogen (secondary N) is 1. The molecule has 24 heavy (non-hydrogen) atoms. The minimum Gasteiger partial charge on any atom is -0.392 e. The Kier molecular flexibility index (Phi) is 7.28. The summed E-state index contributed by atoms with van der Waals surface area (Å²) in [5, 5.41) is 11.9. The van der Waals surface area contributed by atoms with E-state index < -0.39 is 5.82 Å². The Balaban J connectivity index is 1.75. The van der Waals surface area contributed by atoms with Crippen LogP contribution in [-0.2, 0) is 23.7 Å². The van der Waals surface area contributed by atoms with E-state index in [0.717, 1.165) is 17.1 Å². The van der Waals surface area contributed by atoms with Crippen LogP contribution in [0.2, 0.25) is 0 Å². The summed E-state index contributed by atoms with van der Waals surface area (Å²) in [5.41, 5.74) is 2.27. The van der Waals surface area contributed by atoms with Gasteiger partial charge in [0.25, 0.3) is 0 Å². The lowest BCUT2D eigenvalue weighted by Crippen LogP contribution is -2.30. The molecule has 3 nitrogen and oxygen atoms in total. The van der Waals surface area contributed by atoms with Gasteiger partial charge in [-0.25, -0.2) is 4.39 Å². The quantitative estimate of drug-likeness (QED) is 0.768. The molecule has 0 aliphatic rings. The lowest BCUT2D eigenvalue weighted by molar-refractivity contribution is -0.124. The fourth-order valence-corrected chi connectivity index (χ4v) is 3.28. The van der Waals surface area contributed by atoms with Crippen molar-refractivity contribution in [1.82, 2.24) is 5.32 Å². The van der Waals surface area contributed by atoms with Crippen molar-refractivity contribution in [2.24, 2.45) is 5.92 Å². The summed E-state index contributed by atoms with van der Waals surface area (Å²) in [4.78, 5) is 12.1. The number of carbonyl (C=O) groups is 1. The third kappa shape index (κ3) is 5.65. The van der Waals surface area contributed by atoms with Gasteiger partial charge in [-0.3, -0.25) is 4.79 Å². The maximum absolute atomic E-state index is 13.3. The molecule has 1 amide bonds. The van der Waals surface area contributed by atoms with Crippen LogP contribution in [0.25, 0.3) is 0 Å². The van der Waals surface area contributed by atoms with Crippen LogP contribution in [0.4, 0.5) is 4.39 Å². The van der Waals surface area contributed by atoms with Crippen LogP contribution in [0.15, 0.2) is 48.5 Å². The molecule has 0 spiro atoms. The van der Waals surface area contributed by atoms with Gasteiger partial charge in [-0.15, -0.1) is 0 Å². The van der Waals surface area contributed by atoms with Crippen molar-refractivity contribution in [1.29, 1.82) is 0 Å². The maximum atomic E-state index is 13.3. The predicted molar refractivity (Wildman–Crippen MR) is 95.9 cm³/mol. The van der Waals surface area contributed by atoms with Gasteiger partial charge in [0, 0.05) is 29.5 Å². The van der Waals surface area contributed by atoms with Gasteiger partial charge in [0.2, 0.25) is 5.91 Å². The van der Waals surface area contributed by atoms with Gasteiger partial charge in [-0.2, -0.15) is 11.8 Å². The molecule has 2 N–H and O–H groups in total. The number of benzene rings is 2. The van der Waals surface area contributed by atoms with Crippen molar-refractivity contribution < 1.29 is 14.3 Å². The van der Waals surface area contributed by atoms with Gasteiger partial charge < -0.3 is 10.4 Å². The molecule has 2 aromatic carbocycles. The number of halogens is 1. The molecular formula is C19H22FNO2S. The number of amides is 1. The van der Waals surface area contributed by atoms with Gasteiger partial charge in [-0.1, -0.05) is 43.3 Å². The van der Waals surface area contributed by atoms with Crippen LogP contribution in [0, 0.1) is 11.7 Å². The van der Waals surface area contributed by atoms with E-state index in [0.29, 0.717) is 6.54 Å². The van der Waals surface area contributed by atoms with Crippen molar-refractivity contribution in [2.45, 2.75) is 25.8 Å². The molecule has 0 aliphatic carbocycles. The predicted octanol–water partition coefficient (Wildman–Crippen LogP) is 3.50. The number of rotatable bonds is 8. The topological polar surface area (TPSA) is 49.3 Å². The third-order valence-corrected chi connectivity index (χ3v) is 4.95. The second-order valence-electron chi connectivity index (χ2n) is 5.70. The Labute approximate surface area is 146 Å². The first-order chi connectivity index (χ1) is 11.6. The van der Waals surface area contributed by atoms with Crippen LogP contribution in [0.1, 0.15) is 23.6 Å². The summed E-state index contributed by atoms with van der Waals surface area (Å²) >= 11 is 1.73. The monoisotopic (exact) mass is 347 g/mol. The lowest BCUT2D eigenvalue weighted by Gasteiger charge is -2.12. The SMILES string of the molecule is CC(CSCc1ccccc1)C(=O)NCc1ccc(F)c(CO)c1. The Hall–Kier alpha value is -1.85. The first kappa shape index (κ1) is 18.5. The molecule has 128 valence electrons. The van der Waals surface area contributed by atoms with Crippen LogP contribution >= 0.6 is 11.8 Å². The molecular weight excluding hydrogens is 325 g/mol. The number of hydrogen-bond donors (Lipinski definition) is 2. The third-order valence-electron chi connectivity index (χ3n) is 3.67. The molecule has 1 atom stereocenters. The van der Waals surface area contributed by atoms with Crippen LogP contribution in [0.5, 0.6) is 0 Å². The Morgan fingerprint density at radius 1 is 1.21 bits per heavy atom. The molecule has 0 aromatic heterocycles. The molecule has 0 saturated carbocycles. The minimum absolute atomic E-state index is 0.0227. The van der Waals surface area contributed by atoms with E-state index in [4.69, 9.17) is 5.11 Å². The molecule has 2 rings (SSSR count). The first-order valence-corrected chi connectivity index (χ1v) is 9.03. The average Bonchev–Trinajstić information content (AvgIpc) is 2.61. The number of hydrogen-bond acceptors (Lipinski definition) is 3. The van der Waals surface area contributed by atoms with Crippen LogP contribution in [0.3, 0.4) is 0 Å². The van der Waals surface area contributed by atoms with Crippen LogP contribution in [-0.4, -0.2) is 16.8 Å². The van der Waals surface area contributed by atoms with Gasteiger partial charge in [0.1, 0.15) is 5.82 Å². The van der Waals surface area contributed by atoms with Crippen molar-refractivity contribution >= 4 is 17.7 Å². The lowest BCUT2D eigenvalue weighted by atomic mass is 10.1. The second kappa shape index (κ2) is 9.45. The molecule has 0 saturated heterocycles. The smallest absolute Gasteiger partial charge is 0.223 e. The second-order valence-corrected chi connectivity index (χ2v) is 6.73. The van der Waals surface area contributed by atoms with E-state index >= 15 is 0 Å². The summed E-state index contributed by atoms with van der Waals surface area (Å²) in [6.45, 7) is 1.89. The highest BCUT2D eigenvalue weighted by atomic mass is 32.2. The Morgan fingerprint density at radius 2 is 1.96 bits per heavy atom. The van der Waals surface area contributed by atoms with Crippen molar-refractivity contribution in [3.63, 3.8) is 0 Å². The molecule has 1 unspecified atom stereocenters. The summed E-state index contributed by atoms with van der Waals surface area (Å²) < 4.78 is 13.3. The number of thioether (sulfide) groups is 1. The fourth-order valence-electron chi connectivity index (χ4n) is 2.23. The number of carbonyl (C=O) groups excluding carboxylic acids is 1. The molecule has 0 radical (unpaired) electrons. The van der Waals surface area contributed by atoms with Crippen LogP contribution < -0.4 is 5.32 Å². The summed E-state index contributed by atoms with van der Waals surface area (Å²) in [7, 11) is 0. The zero-order valence-electron chi connectivity index (χ0n) is 13.7. The van der Waals surface area contributed by atoms with Crippen molar-refractivity contribution in [3.05, 3.63) is 71.0 Å². The van der Waals surface area contributed by atoms with E-state index in [1.807, 2.05) is 25.1 Å². The molecule has 5 heteroatoms. The minimum atomic E-state index is -0.432. The summed E-state index contributed by atoms with van der Waals surface area (Å²) in [6.07, 6.45) is 0. The highest BCUT2D eigenvalue weighted by Gasteiger charge is 2.13. The Bertz CT molecular complexity index is 664. The zero-order chi connectivity index (χ0) is 17.4. The van der Waals surface area contributed by atoms with E-state index in [1.165, 1.54) is 11.6 Å². The van der Waals surface area contributed by atoms with E-state index in [9.17, 15) is 9.18 Å². The first-order valence-electron chi connectivity index (χ1n) is 7.87. The van der Waals surface area contributed by atoms with E-state index in [1.54, 1.807) is 23.9 Å². The van der Waals surface area contributed by atoms with E-state index in [-0.39, 0.29) is 24.0 Å². The standard InChI is InChI=1S/C19H22FNO2S/c1-14(12-24-13-15-5-3-2-4-6-15)19(23)21-10-16-7-8-18(20)17(9-16)11-22/h2-9,14,22H,10-13H2,1H3,(H,21,23).